The summed E-state index contributed by atoms with van der Waals surface area (Å²) >= 11 is 0. The van der Waals surface area contributed by atoms with Gasteiger partial charge in [-0.3, -0.25) is 9.69 Å². The molecule has 0 radical (unpaired) electrons. The van der Waals surface area contributed by atoms with E-state index in [0.29, 0.717) is 13.0 Å². The second kappa shape index (κ2) is 10.2. The lowest BCUT2D eigenvalue weighted by molar-refractivity contribution is -0.127. The highest BCUT2D eigenvalue weighted by Gasteiger charge is 2.53. The Labute approximate surface area is 198 Å². The van der Waals surface area contributed by atoms with Crippen LogP contribution in [0.1, 0.15) is 53.0 Å². The van der Waals surface area contributed by atoms with Gasteiger partial charge in [-0.15, -0.1) is 0 Å². The van der Waals surface area contributed by atoms with Crippen molar-refractivity contribution in [3.8, 4) is 0 Å². The standard InChI is InChI=1S/C24H32F2N2O6/c1-6-7-32-18-12-19(27(13-18)22(30)34-24(3,4)5)21-20(28(14(2)29)23(31)33-21)10-15-8-16(25)11-17(26)9-15/h8-9,11,18-21H,6-7,10,12-13H2,1-5H3/t18-,19-,20+,21-/m1/s1. The van der Waals surface area contributed by atoms with E-state index >= 15 is 0 Å². The van der Waals surface area contributed by atoms with Crippen molar-refractivity contribution in [2.75, 3.05) is 13.2 Å². The van der Waals surface area contributed by atoms with Gasteiger partial charge in [-0.05, 0) is 57.7 Å². The fourth-order valence-electron chi connectivity index (χ4n) is 4.48. The maximum atomic E-state index is 13.8. The minimum absolute atomic E-state index is 0.0379. The zero-order valence-corrected chi connectivity index (χ0v) is 20.2. The molecular formula is C24H32F2N2O6. The number of cyclic esters (lactones) is 1. The highest BCUT2D eigenvalue weighted by Crippen LogP contribution is 2.34. The van der Waals surface area contributed by atoms with Crippen LogP contribution in [-0.2, 0) is 25.4 Å². The molecule has 0 unspecified atom stereocenters. The summed E-state index contributed by atoms with van der Waals surface area (Å²) in [7, 11) is 0. The molecule has 0 aliphatic carbocycles. The number of carbonyl (C=O) groups is 3. The van der Waals surface area contributed by atoms with Crippen molar-refractivity contribution in [1.82, 2.24) is 9.80 Å². The third-order valence-corrected chi connectivity index (χ3v) is 5.72. The van der Waals surface area contributed by atoms with E-state index in [1.807, 2.05) is 6.92 Å². The fourth-order valence-corrected chi connectivity index (χ4v) is 4.48. The Balaban J connectivity index is 1.94. The molecule has 1 aromatic carbocycles. The molecule has 3 amide bonds. The van der Waals surface area contributed by atoms with Crippen LogP contribution in [-0.4, -0.2) is 70.9 Å². The van der Waals surface area contributed by atoms with E-state index in [-0.39, 0.29) is 24.6 Å². The molecule has 0 spiro atoms. The van der Waals surface area contributed by atoms with Gasteiger partial charge in [0, 0.05) is 19.6 Å². The van der Waals surface area contributed by atoms with Crippen molar-refractivity contribution in [2.24, 2.45) is 0 Å². The molecule has 34 heavy (non-hydrogen) atoms. The molecule has 0 bridgehead atoms. The van der Waals surface area contributed by atoms with Crippen LogP contribution in [0.25, 0.3) is 0 Å². The topological polar surface area (TPSA) is 85.4 Å². The highest BCUT2D eigenvalue weighted by molar-refractivity contribution is 5.92. The lowest BCUT2D eigenvalue weighted by Crippen LogP contribution is -2.51. The molecule has 1 aromatic rings. The van der Waals surface area contributed by atoms with Crippen LogP contribution >= 0.6 is 0 Å². The fraction of sp³-hybridized carbons (Fsp3) is 0.625. The molecule has 2 heterocycles. The maximum Gasteiger partial charge on any atom is 0.417 e. The summed E-state index contributed by atoms with van der Waals surface area (Å²) in [6.07, 6.45) is -1.58. The number of likely N-dealkylation sites (tertiary alicyclic amines) is 1. The molecule has 2 aliphatic heterocycles. The number of imide groups is 1. The van der Waals surface area contributed by atoms with Crippen LogP contribution < -0.4 is 0 Å². The van der Waals surface area contributed by atoms with E-state index in [2.05, 4.69) is 0 Å². The van der Waals surface area contributed by atoms with Gasteiger partial charge in [0.2, 0.25) is 5.91 Å². The van der Waals surface area contributed by atoms with Gasteiger partial charge in [-0.2, -0.15) is 0 Å². The Kier molecular flexibility index (Phi) is 7.80. The molecule has 8 nitrogen and oxygen atoms in total. The monoisotopic (exact) mass is 482 g/mol. The van der Waals surface area contributed by atoms with Crippen molar-refractivity contribution < 1.29 is 37.4 Å². The van der Waals surface area contributed by atoms with E-state index in [1.165, 1.54) is 11.8 Å². The SMILES string of the molecule is CCCO[C@@H]1C[C@H]([C@H]2OC(=O)N(C(C)=O)[C@H]2Cc2cc(F)cc(F)c2)N(C(=O)OC(C)(C)C)C1. The van der Waals surface area contributed by atoms with Gasteiger partial charge >= 0.3 is 12.2 Å². The lowest BCUT2D eigenvalue weighted by atomic mass is 9.94. The molecule has 2 fully saturated rings. The normalized spacial score (nSPS) is 25.0. The number of hydrogen-bond donors (Lipinski definition) is 0. The predicted octanol–water partition coefficient (Wildman–Crippen LogP) is 4.05. The quantitative estimate of drug-likeness (QED) is 0.608. The molecule has 188 valence electrons. The van der Waals surface area contributed by atoms with Crippen LogP contribution in [0.4, 0.5) is 18.4 Å². The van der Waals surface area contributed by atoms with Gasteiger partial charge in [-0.25, -0.2) is 23.3 Å². The van der Waals surface area contributed by atoms with Gasteiger partial charge in [0.25, 0.3) is 0 Å². The number of ether oxygens (including phenoxy) is 3. The number of hydrogen-bond acceptors (Lipinski definition) is 6. The smallest absolute Gasteiger partial charge is 0.417 e. The predicted molar refractivity (Wildman–Crippen MR) is 118 cm³/mol. The maximum absolute atomic E-state index is 13.8. The summed E-state index contributed by atoms with van der Waals surface area (Å²) in [4.78, 5) is 40.4. The van der Waals surface area contributed by atoms with Gasteiger partial charge in [-0.1, -0.05) is 6.92 Å². The van der Waals surface area contributed by atoms with Crippen LogP contribution in [0.15, 0.2) is 18.2 Å². The Hall–Kier alpha value is -2.75. The first kappa shape index (κ1) is 25.9. The summed E-state index contributed by atoms with van der Waals surface area (Å²) in [5.74, 6) is -2.10. The molecule has 0 N–H and O–H groups in total. The van der Waals surface area contributed by atoms with E-state index < -0.39 is 53.5 Å². The molecule has 2 aliphatic rings. The molecular weight excluding hydrogens is 450 g/mol. The highest BCUT2D eigenvalue weighted by atomic mass is 19.1. The number of amides is 3. The number of benzene rings is 1. The van der Waals surface area contributed by atoms with E-state index in [1.54, 1.807) is 20.8 Å². The van der Waals surface area contributed by atoms with Crippen molar-refractivity contribution in [1.29, 1.82) is 0 Å². The van der Waals surface area contributed by atoms with Gasteiger partial charge < -0.3 is 14.2 Å². The van der Waals surface area contributed by atoms with Crippen molar-refractivity contribution in [3.63, 3.8) is 0 Å². The van der Waals surface area contributed by atoms with Crippen molar-refractivity contribution in [2.45, 2.75) is 83.8 Å². The number of rotatable bonds is 6. The lowest BCUT2D eigenvalue weighted by Gasteiger charge is -2.33. The Bertz CT molecular complexity index is 914. The Morgan fingerprint density at radius 1 is 1.18 bits per heavy atom. The molecule has 2 saturated heterocycles. The molecule has 3 rings (SSSR count). The van der Waals surface area contributed by atoms with Crippen LogP contribution in [0, 0.1) is 11.6 Å². The summed E-state index contributed by atoms with van der Waals surface area (Å²) < 4.78 is 44.7. The van der Waals surface area contributed by atoms with E-state index in [4.69, 9.17) is 14.2 Å². The van der Waals surface area contributed by atoms with Crippen LogP contribution in [0.2, 0.25) is 0 Å². The largest absolute Gasteiger partial charge is 0.444 e. The van der Waals surface area contributed by atoms with Gasteiger partial charge in [0.15, 0.2) is 0 Å². The number of nitrogens with zero attached hydrogens (tertiary/aromatic N) is 2. The zero-order valence-electron chi connectivity index (χ0n) is 20.2. The number of halogens is 2. The van der Waals surface area contributed by atoms with E-state index in [0.717, 1.165) is 29.5 Å². The first-order valence-corrected chi connectivity index (χ1v) is 11.5. The van der Waals surface area contributed by atoms with Crippen molar-refractivity contribution >= 4 is 18.1 Å². The average molecular weight is 483 g/mol. The zero-order chi connectivity index (χ0) is 25.2. The summed E-state index contributed by atoms with van der Waals surface area (Å²) in [5.41, 5.74) is -0.488. The molecule has 0 saturated carbocycles. The van der Waals surface area contributed by atoms with Crippen molar-refractivity contribution in [3.05, 3.63) is 35.4 Å². The third-order valence-electron chi connectivity index (χ3n) is 5.72. The first-order valence-electron chi connectivity index (χ1n) is 11.5. The number of carbonyl (C=O) groups excluding carboxylic acids is 3. The van der Waals surface area contributed by atoms with E-state index in [9.17, 15) is 23.2 Å². The second-order valence-corrected chi connectivity index (χ2v) is 9.72. The van der Waals surface area contributed by atoms with Crippen LogP contribution in [0.3, 0.4) is 0 Å². The Morgan fingerprint density at radius 2 is 1.82 bits per heavy atom. The minimum Gasteiger partial charge on any atom is -0.444 e. The van der Waals surface area contributed by atoms with Gasteiger partial charge in [0.05, 0.1) is 24.7 Å². The Morgan fingerprint density at radius 3 is 2.38 bits per heavy atom. The molecule has 4 atom stereocenters. The summed E-state index contributed by atoms with van der Waals surface area (Å²) in [5, 5.41) is 0. The molecule has 0 aromatic heterocycles. The summed E-state index contributed by atoms with van der Waals surface area (Å²) in [6, 6.07) is 1.53. The first-order chi connectivity index (χ1) is 15.9. The summed E-state index contributed by atoms with van der Waals surface area (Å²) in [6.45, 7) is 9.15. The average Bonchev–Trinajstić information content (AvgIpc) is 3.25. The minimum atomic E-state index is -0.925. The second-order valence-electron chi connectivity index (χ2n) is 9.72. The third kappa shape index (κ3) is 6.02. The van der Waals surface area contributed by atoms with Crippen LogP contribution in [0.5, 0.6) is 0 Å². The van der Waals surface area contributed by atoms with Gasteiger partial charge in [0.1, 0.15) is 23.3 Å². The molecule has 10 heteroatoms.